The highest BCUT2D eigenvalue weighted by Gasteiger charge is 2.28. The molecule has 29 heavy (non-hydrogen) atoms. The molecule has 1 aliphatic heterocycles. The van der Waals surface area contributed by atoms with E-state index in [0.717, 1.165) is 12.0 Å². The molecule has 1 fully saturated rings. The topological polar surface area (TPSA) is 84.0 Å². The fourth-order valence-corrected chi connectivity index (χ4v) is 5.12. The summed E-state index contributed by atoms with van der Waals surface area (Å²) in [6.45, 7) is 2.23. The van der Waals surface area contributed by atoms with Crippen molar-refractivity contribution in [1.29, 1.82) is 0 Å². The Morgan fingerprint density at radius 3 is 2.52 bits per heavy atom. The number of hydrogen-bond acceptors (Lipinski definition) is 5. The monoisotopic (exact) mass is 416 g/mol. The average molecular weight is 416 g/mol. The van der Waals surface area contributed by atoms with Crippen LogP contribution in [-0.2, 0) is 14.8 Å². The molecule has 0 atom stereocenters. The number of amides is 1. The summed E-state index contributed by atoms with van der Waals surface area (Å²) < 4.78 is 31.2. The van der Waals surface area contributed by atoms with E-state index in [-0.39, 0.29) is 17.2 Å². The number of carbonyl (C=O) groups is 2. The minimum absolute atomic E-state index is 0.108. The predicted molar refractivity (Wildman–Crippen MR) is 112 cm³/mol. The minimum atomic E-state index is -3.39. The summed E-state index contributed by atoms with van der Waals surface area (Å²) in [4.78, 5) is 26.5. The zero-order valence-corrected chi connectivity index (χ0v) is 17.5. The van der Waals surface area contributed by atoms with Crippen molar-refractivity contribution in [3.8, 4) is 0 Å². The maximum Gasteiger partial charge on any atom is 0.339 e. The smallest absolute Gasteiger partial charge is 0.339 e. The Kier molecular flexibility index (Phi) is 5.93. The number of aryl methyl sites for hydroxylation is 1. The van der Waals surface area contributed by atoms with E-state index in [1.807, 2.05) is 6.92 Å². The Morgan fingerprint density at radius 2 is 1.83 bits per heavy atom. The Morgan fingerprint density at radius 1 is 1.10 bits per heavy atom. The van der Waals surface area contributed by atoms with Crippen molar-refractivity contribution in [1.82, 2.24) is 0 Å². The molecule has 0 saturated carbocycles. The van der Waals surface area contributed by atoms with Crippen molar-refractivity contribution in [2.45, 2.75) is 19.8 Å². The van der Waals surface area contributed by atoms with Gasteiger partial charge in [-0.05, 0) is 49.6 Å². The summed E-state index contributed by atoms with van der Waals surface area (Å²) in [5.74, 6) is -0.780. The first-order chi connectivity index (χ1) is 13.8. The zero-order valence-electron chi connectivity index (χ0n) is 16.7. The molecule has 2 aromatic carbocycles. The molecule has 8 heteroatoms. The van der Waals surface area contributed by atoms with Gasteiger partial charge in [-0.3, -0.25) is 9.10 Å². The third-order valence-corrected chi connectivity index (χ3v) is 6.90. The largest absolute Gasteiger partial charge is 0.465 e. The molecule has 0 radical (unpaired) electrons. The van der Waals surface area contributed by atoms with Gasteiger partial charge in [0.25, 0.3) is 5.91 Å². The summed E-state index contributed by atoms with van der Waals surface area (Å²) in [6, 6.07) is 11.7. The van der Waals surface area contributed by atoms with Gasteiger partial charge in [0.2, 0.25) is 10.0 Å². The number of esters is 1. The predicted octanol–water partition coefficient (Wildman–Crippen LogP) is 2.99. The number of carbonyl (C=O) groups excluding carboxylic acids is 2. The lowest BCUT2D eigenvalue weighted by molar-refractivity contribution is 0.0601. The van der Waals surface area contributed by atoms with E-state index in [1.54, 1.807) is 49.5 Å². The third-order valence-electron chi connectivity index (χ3n) is 5.05. The standard InChI is InChI=1S/C21H24N2O5S/c1-15-10-11-16(14-19(15)23-12-6-7-13-29(23,26)27)20(24)22(2)18-9-5-4-8-17(18)21(25)28-3/h4-5,8-11,14H,6-7,12-13H2,1-3H3. The summed E-state index contributed by atoms with van der Waals surface area (Å²) in [5.41, 5.74) is 2.33. The highest BCUT2D eigenvalue weighted by atomic mass is 32.2. The van der Waals surface area contributed by atoms with Crippen molar-refractivity contribution in [3.05, 3.63) is 59.2 Å². The number of sulfonamides is 1. The summed E-state index contributed by atoms with van der Waals surface area (Å²) in [7, 11) is -0.533. The molecule has 0 unspecified atom stereocenters. The molecule has 154 valence electrons. The van der Waals surface area contributed by atoms with Gasteiger partial charge in [-0.15, -0.1) is 0 Å². The van der Waals surface area contributed by atoms with E-state index in [2.05, 4.69) is 0 Å². The van der Waals surface area contributed by atoms with Crippen LogP contribution in [0.1, 0.15) is 39.1 Å². The molecule has 1 heterocycles. The Labute approximate surface area is 170 Å². The van der Waals surface area contributed by atoms with Crippen molar-refractivity contribution in [3.63, 3.8) is 0 Å². The van der Waals surface area contributed by atoms with Crippen molar-refractivity contribution < 1.29 is 22.7 Å². The molecule has 2 aromatic rings. The maximum atomic E-state index is 13.1. The van der Waals surface area contributed by atoms with E-state index >= 15 is 0 Å². The van der Waals surface area contributed by atoms with Gasteiger partial charge in [0.15, 0.2) is 0 Å². The van der Waals surface area contributed by atoms with Crippen molar-refractivity contribution >= 4 is 33.3 Å². The molecule has 7 nitrogen and oxygen atoms in total. The molecular weight excluding hydrogens is 392 g/mol. The molecular formula is C21H24N2O5S. The van der Waals surface area contributed by atoms with Gasteiger partial charge in [-0.1, -0.05) is 18.2 Å². The molecule has 0 N–H and O–H groups in total. The highest BCUT2D eigenvalue weighted by molar-refractivity contribution is 7.92. The maximum absolute atomic E-state index is 13.1. The lowest BCUT2D eigenvalue weighted by Crippen LogP contribution is -2.38. The molecule has 1 amide bonds. The van der Waals surface area contributed by atoms with Crippen molar-refractivity contribution in [2.75, 3.05) is 35.7 Å². The van der Waals surface area contributed by atoms with Gasteiger partial charge in [-0.25, -0.2) is 13.2 Å². The van der Waals surface area contributed by atoms with E-state index in [0.29, 0.717) is 29.9 Å². The van der Waals surface area contributed by atoms with Crippen LogP contribution in [0.25, 0.3) is 0 Å². The van der Waals surface area contributed by atoms with E-state index in [9.17, 15) is 18.0 Å². The first-order valence-corrected chi connectivity index (χ1v) is 10.9. The lowest BCUT2D eigenvalue weighted by Gasteiger charge is -2.30. The normalized spacial score (nSPS) is 15.6. The number of anilines is 2. The second-order valence-corrected chi connectivity index (χ2v) is 8.98. The second-order valence-electron chi connectivity index (χ2n) is 6.97. The summed E-state index contributed by atoms with van der Waals surface area (Å²) in [6.07, 6.45) is 1.42. The van der Waals surface area contributed by atoms with E-state index < -0.39 is 16.0 Å². The van der Waals surface area contributed by atoms with Crippen LogP contribution in [0.5, 0.6) is 0 Å². The molecule has 1 aliphatic rings. The SMILES string of the molecule is COC(=O)c1ccccc1N(C)C(=O)c1ccc(C)c(N2CCCCS2(=O)=O)c1. The number of nitrogens with zero attached hydrogens (tertiary/aromatic N) is 2. The van der Waals surface area contributed by atoms with Crippen LogP contribution < -0.4 is 9.21 Å². The highest BCUT2D eigenvalue weighted by Crippen LogP contribution is 2.29. The van der Waals surface area contributed by atoms with Crippen LogP contribution in [0.15, 0.2) is 42.5 Å². The van der Waals surface area contributed by atoms with Crippen molar-refractivity contribution in [2.24, 2.45) is 0 Å². The number of rotatable bonds is 4. The lowest BCUT2D eigenvalue weighted by atomic mass is 10.1. The molecule has 0 aromatic heterocycles. The van der Waals surface area contributed by atoms with Gasteiger partial charge < -0.3 is 9.64 Å². The van der Waals surface area contributed by atoms with E-state index in [4.69, 9.17) is 4.74 Å². The Hall–Kier alpha value is -2.87. The van der Waals surface area contributed by atoms with Crippen LogP contribution in [-0.4, -0.2) is 46.7 Å². The number of para-hydroxylation sites is 1. The zero-order chi connectivity index (χ0) is 21.2. The third kappa shape index (κ3) is 4.12. The van der Waals surface area contributed by atoms with Crippen LogP contribution in [0.4, 0.5) is 11.4 Å². The van der Waals surface area contributed by atoms with Gasteiger partial charge in [0, 0.05) is 19.2 Å². The quantitative estimate of drug-likeness (QED) is 0.716. The average Bonchev–Trinajstić information content (AvgIpc) is 2.72. The van der Waals surface area contributed by atoms with Gasteiger partial charge in [0.1, 0.15) is 0 Å². The molecule has 0 bridgehead atoms. The van der Waals surface area contributed by atoms with E-state index in [1.165, 1.54) is 16.3 Å². The number of ether oxygens (including phenoxy) is 1. The Bertz CT molecular complexity index is 1050. The van der Waals surface area contributed by atoms with Crippen LogP contribution in [0.2, 0.25) is 0 Å². The van der Waals surface area contributed by atoms with Gasteiger partial charge in [0.05, 0.1) is 29.8 Å². The van der Waals surface area contributed by atoms with Crippen LogP contribution in [0, 0.1) is 6.92 Å². The number of benzene rings is 2. The summed E-state index contributed by atoms with van der Waals surface area (Å²) >= 11 is 0. The molecule has 3 rings (SSSR count). The van der Waals surface area contributed by atoms with Gasteiger partial charge >= 0.3 is 5.97 Å². The second kappa shape index (κ2) is 8.24. The number of methoxy groups -OCH3 is 1. The van der Waals surface area contributed by atoms with Gasteiger partial charge in [-0.2, -0.15) is 0 Å². The molecule has 0 aliphatic carbocycles. The first-order valence-electron chi connectivity index (χ1n) is 9.32. The van der Waals surface area contributed by atoms with Crippen LogP contribution in [0.3, 0.4) is 0 Å². The summed E-state index contributed by atoms with van der Waals surface area (Å²) in [5, 5.41) is 0. The Balaban J connectivity index is 1.98. The minimum Gasteiger partial charge on any atom is -0.465 e. The fraction of sp³-hybridized carbons (Fsp3) is 0.333. The fourth-order valence-electron chi connectivity index (χ4n) is 3.42. The number of hydrogen-bond donors (Lipinski definition) is 0. The van der Waals surface area contributed by atoms with Crippen LogP contribution >= 0.6 is 0 Å². The molecule has 1 saturated heterocycles. The first kappa shape index (κ1) is 20.9. The molecule has 0 spiro atoms.